The minimum Gasteiger partial charge on any atom is -0.494 e. The summed E-state index contributed by atoms with van der Waals surface area (Å²) in [5.74, 6) is 0.575. The number of ether oxygens (including phenoxy) is 1. The van der Waals surface area contributed by atoms with Gasteiger partial charge in [0.1, 0.15) is 10.8 Å². The maximum absolute atomic E-state index is 12.7. The summed E-state index contributed by atoms with van der Waals surface area (Å²) in [5.41, 5.74) is 3.13. The monoisotopic (exact) mass is 452 g/mol. The highest BCUT2D eigenvalue weighted by molar-refractivity contribution is 9.10. The van der Waals surface area contributed by atoms with Crippen molar-refractivity contribution in [2.24, 2.45) is 0 Å². The van der Waals surface area contributed by atoms with Gasteiger partial charge in [0.15, 0.2) is 0 Å². The molecule has 0 radical (unpaired) electrons. The number of hydrogen-bond donors (Lipinski definition) is 1. The summed E-state index contributed by atoms with van der Waals surface area (Å²) in [6.45, 7) is 2.52. The number of aromatic nitrogens is 1. The molecule has 0 saturated heterocycles. The zero-order chi connectivity index (χ0) is 19.5. The second-order valence-electron chi connectivity index (χ2n) is 6.09. The zero-order valence-electron chi connectivity index (χ0n) is 15.1. The van der Waals surface area contributed by atoms with Crippen LogP contribution < -0.4 is 10.1 Å². The molecule has 1 amide bonds. The van der Waals surface area contributed by atoms with Crippen molar-refractivity contribution < 1.29 is 9.53 Å². The number of nitrogens with zero attached hydrogens (tertiary/aromatic N) is 1. The quantitative estimate of drug-likeness (QED) is 0.382. The lowest BCUT2D eigenvalue weighted by Crippen LogP contribution is -2.12. The number of carbonyl (C=O) groups excluding carboxylic acids is 1. The first-order valence-corrected chi connectivity index (χ1v) is 10.4. The molecule has 0 saturated carbocycles. The summed E-state index contributed by atoms with van der Waals surface area (Å²) in [6, 6.07) is 20.9. The number of para-hydroxylation sites is 1. The van der Waals surface area contributed by atoms with Crippen LogP contribution in [0.1, 0.15) is 17.3 Å². The lowest BCUT2D eigenvalue weighted by atomic mass is 10.1. The van der Waals surface area contributed by atoms with E-state index in [1.165, 1.54) is 0 Å². The Bertz CT molecular complexity index is 1110. The van der Waals surface area contributed by atoms with E-state index in [-0.39, 0.29) is 5.91 Å². The van der Waals surface area contributed by atoms with Gasteiger partial charge >= 0.3 is 0 Å². The number of halogens is 1. The van der Waals surface area contributed by atoms with Crippen molar-refractivity contribution in [1.82, 2.24) is 4.98 Å². The van der Waals surface area contributed by atoms with Gasteiger partial charge in [0.2, 0.25) is 0 Å². The van der Waals surface area contributed by atoms with Gasteiger partial charge in [-0.2, -0.15) is 0 Å². The van der Waals surface area contributed by atoms with Gasteiger partial charge in [0.25, 0.3) is 5.91 Å². The average Bonchev–Trinajstić information content (AvgIpc) is 3.14. The first-order valence-electron chi connectivity index (χ1n) is 8.84. The Morgan fingerprint density at radius 2 is 1.89 bits per heavy atom. The van der Waals surface area contributed by atoms with Crippen molar-refractivity contribution in [3.8, 4) is 16.3 Å². The topological polar surface area (TPSA) is 51.2 Å². The van der Waals surface area contributed by atoms with E-state index in [9.17, 15) is 4.79 Å². The third kappa shape index (κ3) is 3.93. The molecule has 0 unspecified atom stereocenters. The predicted octanol–water partition coefficient (Wildman–Crippen LogP) is 6.38. The number of rotatable bonds is 5. The van der Waals surface area contributed by atoms with Crippen LogP contribution in [-0.2, 0) is 0 Å². The molecule has 140 valence electrons. The smallest absolute Gasteiger partial charge is 0.255 e. The standard InChI is InChI=1S/C22H17BrN2O2S/c1-2-27-16-10-7-14(8-11-16)21(26)24-18-12-9-15(23)13-17(18)22-25-19-5-3-4-6-20(19)28-22/h3-13H,2H2,1H3,(H,24,26). The molecule has 4 aromatic rings. The fraction of sp³-hybridized carbons (Fsp3) is 0.0909. The summed E-state index contributed by atoms with van der Waals surface area (Å²) in [5, 5.41) is 3.88. The van der Waals surface area contributed by atoms with Crippen molar-refractivity contribution in [3.05, 3.63) is 76.8 Å². The van der Waals surface area contributed by atoms with Crippen molar-refractivity contribution in [2.75, 3.05) is 11.9 Å². The first kappa shape index (κ1) is 18.7. The van der Waals surface area contributed by atoms with Gasteiger partial charge < -0.3 is 10.1 Å². The van der Waals surface area contributed by atoms with Crippen LogP contribution in [0.4, 0.5) is 5.69 Å². The van der Waals surface area contributed by atoms with E-state index in [0.29, 0.717) is 12.2 Å². The highest BCUT2D eigenvalue weighted by atomic mass is 79.9. The van der Waals surface area contributed by atoms with Gasteiger partial charge in [-0.05, 0) is 61.5 Å². The number of carbonyl (C=O) groups is 1. The van der Waals surface area contributed by atoms with E-state index in [4.69, 9.17) is 9.72 Å². The van der Waals surface area contributed by atoms with Crippen LogP contribution >= 0.6 is 27.3 Å². The Labute approximate surface area is 175 Å². The molecule has 0 bridgehead atoms. The maximum Gasteiger partial charge on any atom is 0.255 e. The van der Waals surface area contributed by atoms with Gasteiger partial charge in [-0.3, -0.25) is 4.79 Å². The molecule has 0 aliphatic carbocycles. The summed E-state index contributed by atoms with van der Waals surface area (Å²) in [4.78, 5) is 17.5. The van der Waals surface area contributed by atoms with Crippen molar-refractivity contribution in [1.29, 1.82) is 0 Å². The molecule has 0 spiro atoms. The van der Waals surface area contributed by atoms with E-state index >= 15 is 0 Å². The van der Waals surface area contributed by atoms with Crippen LogP contribution in [0.25, 0.3) is 20.8 Å². The summed E-state index contributed by atoms with van der Waals surface area (Å²) < 4.78 is 7.48. The van der Waals surface area contributed by atoms with Crippen LogP contribution in [0.2, 0.25) is 0 Å². The Hall–Kier alpha value is -2.70. The van der Waals surface area contributed by atoms with E-state index < -0.39 is 0 Å². The first-order chi connectivity index (χ1) is 13.6. The Morgan fingerprint density at radius 3 is 2.64 bits per heavy atom. The summed E-state index contributed by atoms with van der Waals surface area (Å²) in [7, 11) is 0. The molecule has 1 N–H and O–H groups in total. The zero-order valence-corrected chi connectivity index (χ0v) is 17.5. The minimum absolute atomic E-state index is 0.173. The van der Waals surface area contributed by atoms with Gasteiger partial charge in [-0.1, -0.05) is 28.1 Å². The molecule has 4 nitrogen and oxygen atoms in total. The van der Waals surface area contributed by atoms with Gasteiger partial charge in [-0.15, -0.1) is 11.3 Å². The minimum atomic E-state index is -0.173. The SMILES string of the molecule is CCOc1ccc(C(=O)Nc2ccc(Br)cc2-c2nc3ccccc3s2)cc1. The van der Waals surface area contributed by atoms with Crippen LogP contribution in [0.5, 0.6) is 5.75 Å². The molecular formula is C22H17BrN2O2S. The Kier molecular flexibility index (Phi) is 5.41. The van der Waals surface area contributed by atoms with Crippen LogP contribution in [0.15, 0.2) is 71.2 Å². The van der Waals surface area contributed by atoms with Gasteiger partial charge in [-0.25, -0.2) is 4.98 Å². The number of hydrogen-bond acceptors (Lipinski definition) is 4. The normalized spacial score (nSPS) is 10.8. The molecule has 4 rings (SSSR count). The molecule has 1 heterocycles. The molecule has 0 atom stereocenters. The molecule has 1 aromatic heterocycles. The lowest BCUT2D eigenvalue weighted by molar-refractivity contribution is 0.102. The summed E-state index contributed by atoms with van der Waals surface area (Å²) >= 11 is 5.13. The number of amides is 1. The lowest BCUT2D eigenvalue weighted by Gasteiger charge is -2.11. The van der Waals surface area contributed by atoms with E-state index in [1.54, 1.807) is 35.6 Å². The van der Waals surface area contributed by atoms with E-state index in [2.05, 4.69) is 21.2 Å². The third-order valence-corrected chi connectivity index (χ3v) is 5.74. The second kappa shape index (κ2) is 8.12. The highest BCUT2D eigenvalue weighted by Gasteiger charge is 2.14. The summed E-state index contributed by atoms with van der Waals surface area (Å²) in [6.07, 6.45) is 0. The fourth-order valence-electron chi connectivity index (χ4n) is 2.85. The number of benzene rings is 3. The molecule has 0 aliphatic rings. The van der Waals surface area contributed by atoms with Crippen LogP contribution in [0.3, 0.4) is 0 Å². The van der Waals surface area contributed by atoms with Crippen molar-refractivity contribution >= 4 is 49.1 Å². The maximum atomic E-state index is 12.7. The largest absolute Gasteiger partial charge is 0.494 e. The molecule has 6 heteroatoms. The van der Waals surface area contributed by atoms with Gasteiger partial charge in [0.05, 0.1) is 22.5 Å². The molecular weight excluding hydrogens is 436 g/mol. The fourth-order valence-corrected chi connectivity index (χ4v) is 4.21. The number of fused-ring (bicyclic) bond motifs is 1. The van der Waals surface area contributed by atoms with E-state index in [0.717, 1.165) is 36.7 Å². The molecule has 3 aromatic carbocycles. The molecule has 28 heavy (non-hydrogen) atoms. The molecule has 0 aliphatic heterocycles. The molecule has 0 fully saturated rings. The number of anilines is 1. The van der Waals surface area contributed by atoms with E-state index in [1.807, 2.05) is 49.4 Å². The Balaban J connectivity index is 1.65. The van der Waals surface area contributed by atoms with Crippen molar-refractivity contribution in [3.63, 3.8) is 0 Å². The third-order valence-electron chi connectivity index (χ3n) is 4.18. The second-order valence-corrected chi connectivity index (χ2v) is 8.03. The number of nitrogens with one attached hydrogen (secondary N) is 1. The van der Waals surface area contributed by atoms with Crippen LogP contribution in [0, 0.1) is 0 Å². The highest BCUT2D eigenvalue weighted by Crippen LogP contribution is 2.36. The Morgan fingerprint density at radius 1 is 1.11 bits per heavy atom. The van der Waals surface area contributed by atoms with Gasteiger partial charge in [0, 0.05) is 15.6 Å². The predicted molar refractivity (Wildman–Crippen MR) is 118 cm³/mol. The average molecular weight is 453 g/mol. The number of thiazole rings is 1. The van der Waals surface area contributed by atoms with Crippen LogP contribution in [-0.4, -0.2) is 17.5 Å². The van der Waals surface area contributed by atoms with Crippen molar-refractivity contribution in [2.45, 2.75) is 6.92 Å².